The summed E-state index contributed by atoms with van der Waals surface area (Å²) in [5.74, 6) is -0.319. The van der Waals surface area contributed by atoms with Crippen molar-refractivity contribution in [1.29, 1.82) is 0 Å². The van der Waals surface area contributed by atoms with E-state index in [1.807, 2.05) is 6.20 Å². The number of fused-ring (bicyclic) bond motifs is 2. The second-order valence-corrected chi connectivity index (χ2v) is 11.1. The normalized spacial score (nSPS) is 36.0. The fraction of sp³-hybridized carbons (Fsp3) is 0.593. The van der Waals surface area contributed by atoms with Crippen LogP contribution in [-0.4, -0.2) is 28.0 Å². The smallest absolute Gasteiger partial charge is 0.160 e. The van der Waals surface area contributed by atoms with E-state index >= 15 is 0 Å². The summed E-state index contributed by atoms with van der Waals surface area (Å²) in [4.78, 5) is 0. The highest BCUT2D eigenvalue weighted by atomic mass is 19.2. The summed E-state index contributed by atoms with van der Waals surface area (Å²) in [6.07, 6.45) is 7.80. The van der Waals surface area contributed by atoms with Gasteiger partial charge in [0.1, 0.15) is 0 Å². The number of hydrogen-bond donors (Lipinski definition) is 2. The van der Waals surface area contributed by atoms with Crippen molar-refractivity contribution in [3.8, 4) is 5.69 Å². The molecule has 0 bridgehead atoms. The highest BCUT2D eigenvalue weighted by Crippen LogP contribution is 2.62. The van der Waals surface area contributed by atoms with Crippen LogP contribution in [-0.2, 0) is 12.8 Å². The molecule has 1 aromatic carbocycles. The average Bonchev–Trinajstić information content (AvgIpc) is 3.34. The average molecular weight is 456 g/mol. The quantitative estimate of drug-likeness (QED) is 0.650. The van der Waals surface area contributed by atoms with Gasteiger partial charge in [-0.1, -0.05) is 26.0 Å². The van der Waals surface area contributed by atoms with Gasteiger partial charge in [-0.05, 0) is 97.3 Å². The Morgan fingerprint density at radius 1 is 1.21 bits per heavy atom. The molecule has 3 aliphatic carbocycles. The van der Waals surface area contributed by atoms with Crippen molar-refractivity contribution in [3.63, 3.8) is 0 Å². The lowest BCUT2D eigenvalue weighted by Gasteiger charge is -2.55. The molecule has 2 fully saturated rings. The van der Waals surface area contributed by atoms with E-state index in [0.29, 0.717) is 36.4 Å². The van der Waals surface area contributed by atoms with E-state index < -0.39 is 11.6 Å². The summed E-state index contributed by atoms with van der Waals surface area (Å²) in [5, 5.41) is 15.1. The van der Waals surface area contributed by atoms with Crippen LogP contribution in [0.2, 0.25) is 0 Å². The zero-order chi connectivity index (χ0) is 23.5. The number of allylic oxidation sites excluding steroid dienone is 1. The number of aromatic nitrogens is 2. The molecular weight excluding hydrogens is 420 g/mol. The summed E-state index contributed by atoms with van der Waals surface area (Å²) in [5.41, 5.74) is 10.5. The fourth-order valence-corrected chi connectivity index (χ4v) is 7.68. The van der Waals surface area contributed by atoms with Crippen LogP contribution in [0.15, 0.2) is 36.5 Å². The lowest BCUT2D eigenvalue weighted by Crippen LogP contribution is -2.53. The van der Waals surface area contributed by atoms with Crippen LogP contribution < -0.4 is 5.73 Å². The predicted octanol–water partition coefficient (Wildman–Crippen LogP) is 4.82. The van der Waals surface area contributed by atoms with E-state index in [0.717, 1.165) is 49.4 Å². The lowest BCUT2D eigenvalue weighted by atomic mass is 9.49. The first-order valence-corrected chi connectivity index (χ1v) is 12.2. The highest BCUT2D eigenvalue weighted by molar-refractivity contribution is 5.38. The standard InChI is InChI=1S/C27H35F2N3O/c1-16-4-6-21-20(13-30)22(8-9-26(16,21)2)27(3)12-17-14-31-32(25(17)10-18(27)15-33)19-5-7-23(28)24(29)11-19/h5,7,11,14,18,20-22,33H,1,4,6,8-10,12-13,15,30H2,2-3H3/t18-,20+,21+,22+,26-,27+/m1/s1. The molecule has 3 aliphatic rings. The monoisotopic (exact) mass is 455 g/mol. The molecule has 6 heteroatoms. The minimum atomic E-state index is -0.884. The number of aliphatic hydroxyl groups excluding tert-OH is 1. The number of benzene rings is 1. The molecule has 2 aromatic rings. The predicted molar refractivity (Wildman–Crippen MR) is 125 cm³/mol. The molecule has 0 radical (unpaired) electrons. The first kappa shape index (κ1) is 22.7. The van der Waals surface area contributed by atoms with Gasteiger partial charge in [0.05, 0.1) is 11.9 Å². The van der Waals surface area contributed by atoms with Gasteiger partial charge in [-0.25, -0.2) is 13.5 Å². The van der Waals surface area contributed by atoms with Crippen molar-refractivity contribution >= 4 is 0 Å². The Morgan fingerprint density at radius 2 is 2.00 bits per heavy atom. The Labute approximate surface area is 194 Å². The van der Waals surface area contributed by atoms with Crippen LogP contribution >= 0.6 is 0 Å². The fourth-order valence-electron chi connectivity index (χ4n) is 7.68. The third kappa shape index (κ3) is 3.32. The summed E-state index contributed by atoms with van der Waals surface area (Å²) in [7, 11) is 0. The van der Waals surface area contributed by atoms with Gasteiger partial charge in [0.15, 0.2) is 11.6 Å². The van der Waals surface area contributed by atoms with Crippen molar-refractivity contribution < 1.29 is 13.9 Å². The van der Waals surface area contributed by atoms with Gasteiger partial charge in [-0.2, -0.15) is 5.10 Å². The lowest BCUT2D eigenvalue weighted by molar-refractivity contribution is -0.0537. The molecule has 5 rings (SSSR count). The number of aliphatic hydroxyl groups is 1. The summed E-state index contributed by atoms with van der Waals surface area (Å²) in [6.45, 7) is 9.84. The number of halogens is 2. The molecule has 2 saturated carbocycles. The summed E-state index contributed by atoms with van der Waals surface area (Å²) < 4.78 is 29.1. The van der Waals surface area contributed by atoms with E-state index in [4.69, 9.17) is 5.73 Å². The van der Waals surface area contributed by atoms with Gasteiger partial charge in [-0.15, -0.1) is 0 Å². The van der Waals surface area contributed by atoms with E-state index in [2.05, 4.69) is 25.5 Å². The topological polar surface area (TPSA) is 64.1 Å². The Morgan fingerprint density at radius 3 is 2.70 bits per heavy atom. The maximum atomic E-state index is 13.9. The second kappa shape index (κ2) is 8.02. The highest BCUT2D eigenvalue weighted by Gasteiger charge is 2.56. The van der Waals surface area contributed by atoms with E-state index in [1.54, 1.807) is 10.7 Å². The molecule has 3 N–H and O–H groups in total. The Balaban J connectivity index is 1.50. The third-order valence-corrected chi connectivity index (χ3v) is 9.78. The van der Waals surface area contributed by atoms with Crippen LogP contribution in [0.1, 0.15) is 50.8 Å². The van der Waals surface area contributed by atoms with Gasteiger partial charge in [0.2, 0.25) is 0 Å². The van der Waals surface area contributed by atoms with Gasteiger partial charge >= 0.3 is 0 Å². The molecule has 0 spiro atoms. The molecule has 0 aliphatic heterocycles. The van der Waals surface area contributed by atoms with Gasteiger partial charge in [-0.3, -0.25) is 0 Å². The summed E-state index contributed by atoms with van der Waals surface area (Å²) >= 11 is 0. The molecule has 0 unspecified atom stereocenters. The van der Waals surface area contributed by atoms with Crippen molar-refractivity contribution in [2.24, 2.45) is 40.2 Å². The van der Waals surface area contributed by atoms with Crippen molar-refractivity contribution in [2.75, 3.05) is 13.2 Å². The van der Waals surface area contributed by atoms with Crippen LogP contribution in [0, 0.1) is 46.1 Å². The van der Waals surface area contributed by atoms with E-state index in [9.17, 15) is 13.9 Å². The largest absolute Gasteiger partial charge is 0.396 e. The molecule has 1 aromatic heterocycles. The zero-order valence-electron chi connectivity index (χ0n) is 19.7. The molecule has 33 heavy (non-hydrogen) atoms. The maximum Gasteiger partial charge on any atom is 0.160 e. The van der Waals surface area contributed by atoms with Crippen molar-refractivity contribution in [2.45, 2.75) is 52.4 Å². The molecule has 0 amide bonds. The van der Waals surface area contributed by atoms with Crippen LogP contribution in [0.25, 0.3) is 5.69 Å². The molecule has 178 valence electrons. The zero-order valence-corrected chi connectivity index (χ0v) is 19.7. The number of nitrogens with zero attached hydrogens (tertiary/aromatic N) is 2. The molecule has 4 nitrogen and oxygen atoms in total. The molecular formula is C27H35F2N3O. The Bertz CT molecular complexity index is 1080. The minimum Gasteiger partial charge on any atom is -0.396 e. The van der Waals surface area contributed by atoms with Gasteiger partial charge in [0, 0.05) is 18.4 Å². The van der Waals surface area contributed by atoms with Crippen LogP contribution in [0.5, 0.6) is 0 Å². The third-order valence-electron chi connectivity index (χ3n) is 9.78. The number of rotatable bonds is 4. The molecule has 6 atom stereocenters. The molecule has 0 saturated heterocycles. The van der Waals surface area contributed by atoms with E-state index in [1.165, 1.54) is 11.6 Å². The Hall–Kier alpha value is -2.05. The van der Waals surface area contributed by atoms with Gasteiger partial charge in [0.25, 0.3) is 0 Å². The van der Waals surface area contributed by atoms with Gasteiger partial charge < -0.3 is 10.8 Å². The second-order valence-electron chi connectivity index (χ2n) is 11.1. The van der Waals surface area contributed by atoms with Crippen molar-refractivity contribution in [3.05, 3.63) is 59.4 Å². The minimum absolute atomic E-state index is 0.0544. The first-order chi connectivity index (χ1) is 15.7. The maximum absolute atomic E-state index is 13.9. The summed E-state index contributed by atoms with van der Waals surface area (Å²) in [6, 6.07) is 3.87. The number of nitrogens with two attached hydrogens (primary N) is 1. The van der Waals surface area contributed by atoms with Crippen LogP contribution in [0.4, 0.5) is 8.78 Å². The first-order valence-electron chi connectivity index (χ1n) is 12.2. The molecule has 1 heterocycles. The van der Waals surface area contributed by atoms with Crippen molar-refractivity contribution in [1.82, 2.24) is 9.78 Å². The SMILES string of the molecule is C=C1CC[C@H]2[C@H](CN)[C@@H]([C@@]3(C)Cc4cnn(-c5ccc(F)c(F)c5)c4C[C@@H]3CO)CC[C@]12C. The number of hydrogen-bond acceptors (Lipinski definition) is 3. The Kier molecular flexibility index (Phi) is 5.52. The van der Waals surface area contributed by atoms with E-state index in [-0.39, 0.29) is 23.4 Å². The van der Waals surface area contributed by atoms with Crippen LogP contribution in [0.3, 0.4) is 0 Å².